The Hall–Kier alpha value is -3.51. The lowest BCUT2D eigenvalue weighted by Gasteiger charge is -2.27. The molecule has 0 saturated carbocycles. The lowest BCUT2D eigenvalue weighted by atomic mass is 9.95. The van der Waals surface area contributed by atoms with Gasteiger partial charge in [-0.05, 0) is 74.2 Å². The molecule has 36 heavy (non-hydrogen) atoms. The third-order valence-electron chi connectivity index (χ3n) is 6.41. The van der Waals surface area contributed by atoms with Crippen LogP contribution in [0.5, 0.6) is 0 Å². The molecule has 2 N–H and O–H groups in total. The largest absolute Gasteiger partial charge is 0.378 e. The maximum absolute atomic E-state index is 13.5. The lowest BCUT2D eigenvalue weighted by molar-refractivity contribution is -0.113. The summed E-state index contributed by atoms with van der Waals surface area (Å²) in [4.78, 5) is 20.6. The molecular formula is C30H34N4OS. The van der Waals surface area contributed by atoms with Crippen molar-refractivity contribution in [2.24, 2.45) is 4.99 Å². The number of hydrogen-bond donors (Lipinski definition) is 2. The summed E-state index contributed by atoms with van der Waals surface area (Å²) < 4.78 is 0. The number of anilines is 2. The van der Waals surface area contributed by atoms with Crippen molar-refractivity contribution in [3.05, 3.63) is 106 Å². The average molecular weight is 499 g/mol. The summed E-state index contributed by atoms with van der Waals surface area (Å²) >= 11 is 1.68. The number of nitrogens with one attached hydrogen (secondary N) is 2. The number of carbonyl (C=O) groups excluding carboxylic acids is 1. The summed E-state index contributed by atoms with van der Waals surface area (Å²) in [5.74, 6) is 0.667. The summed E-state index contributed by atoms with van der Waals surface area (Å²) in [6.07, 6.45) is 0. The van der Waals surface area contributed by atoms with Crippen LogP contribution in [-0.2, 0) is 10.5 Å². The van der Waals surface area contributed by atoms with Crippen molar-refractivity contribution in [3.8, 4) is 0 Å². The van der Waals surface area contributed by atoms with Gasteiger partial charge in [0.05, 0.1) is 5.57 Å². The summed E-state index contributed by atoms with van der Waals surface area (Å²) in [6, 6.07) is 21.9. The van der Waals surface area contributed by atoms with Crippen LogP contribution in [0.3, 0.4) is 0 Å². The van der Waals surface area contributed by atoms with E-state index in [0.29, 0.717) is 5.57 Å². The maximum Gasteiger partial charge on any atom is 0.255 e. The van der Waals surface area contributed by atoms with E-state index in [2.05, 4.69) is 72.7 Å². The predicted octanol–water partition coefficient (Wildman–Crippen LogP) is 6.52. The quantitative estimate of drug-likeness (QED) is 0.406. The molecule has 1 amide bonds. The van der Waals surface area contributed by atoms with E-state index in [-0.39, 0.29) is 5.91 Å². The smallest absolute Gasteiger partial charge is 0.255 e. The van der Waals surface area contributed by atoms with Gasteiger partial charge in [0.15, 0.2) is 5.17 Å². The highest BCUT2D eigenvalue weighted by Crippen LogP contribution is 2.34. The van der Waals surface area contributed by atoms with Crippen molar-refractivity contribution >= 4 is 34.2 Å². The highest BCUT2D eigenvalue weighted by Gasteiger charge is 2.29. The molecule has 0 radical (unpaired) electrons. The van der Waals surface area contributed by atoms with Crippen LogP contribution in [0.4, 0.5) is 11.4 Å². The molecule has 0 saturated heterocycles. The van der Waals surface area contributed by atoms with Gasteiger partial charge in [0.2, 0.25) is 0 Å². The number of hydrogen-bond acceptors (Lipinski definition) is 5. The molecule has 0 aliphatic carbocycles. The minimum Gasteiger partial charge on any atom is -0.378 e. The number of thioether (sulfide) groups is 1. The van der Waals surface area contributed by atoms with Crippen molar-refractivity contribution in [2.45, 2.75) is 39.5 Å². The van der Waals surface area contributed by atoms with Crippen molar-refractivity contribution in [2.75, 3.05) is 24.3 Å². The Balaban J connectivity index is 1.64. The van der Waals surface area contributed by atoms with Gasteiger partial charge >= 0.3 is 0 Å². The molecule has 4 rings (SSSR count). The molecule has 3 aromatic rings. The zero-order valence-corrected chi connectivity index (χ0v) is 22.7. The van der Waals surface area contributed by atoms with Crippen LogP contribution < -0.4 is 15.5 Å². The van der Waals surface area contributed by atoms with Crippen molar-refractivity contribution in [1.29, 1.82) is 0 Å². The minimum absolute atomic E-state index is 0.147. The topological polar surface area (TPSA) is 56.7 Å². The fraction of sp³-hybridized carbons (Fsp3) is 0.267. The highest BCUT2D eigenvalue weighted by atomic mass is 32.2. The molecule has 6 heteroatoms. The van der Waals surface area contributed by atoms with Crippen molar-refractivity contribution in [1.82, 2.24) is 5.32 Å². The Morgan fingerprint density at radius 2 is 1.61 bits per heavy atom. The minimum atomic E-state index is -0.395. The molecule has 0 unspecified atom stereocenters. The lowest BCUT2D eigenvalue weighted by Crippen LogP contribution is -2.32. The number of nitrogens with zero attached hydrogens (tertiary/aromatic N) is 2. The fourth-order valence-corrected chi connectivity index (χ4v) is 5.65. The van der Waals surface area contributed by atoms with Crippen LogP contribution in [0.15, 0.2) is 83.0 Å². The second kappa shape index (κ2) is 11.0. The molecule has 186 valence electrons. The number of allylic oxidation sites excluding steroid dienone is 1. The zero-order valence-electron chi connectivity index (χ0n) is 21.8. The number of aliphatic imine (C=N–C) groups is 1. The van der Waals surface area contributed by atoms with Crippen LogP contribution in [0.2, 0.25) is 0 Å². The standard InChI is InChI=1S/C30H34N4OS/c1-19-16-20(2)26(21(3)17-19)18-36-30-31-22(4)27(29(35)32-24-10-8-7-9-11-24)28(33-30)23-12-14-25(15-13-23)34(5)6/h7-17,28H,18H2,1-6H3,(H,31,33)(H,32,35)/t28-/m1/s1. The number of carbonyl (C=O) groups is 1. The van der Waals surface area contributed by atoms with Gasteiger partial charge in [0.1, 0.15) is 6.04 Å². The Bertz CT molecular complexity index is 1290. The molecule has 1 aliphatic heterocycles. The predicted molar refractivity (Wildman–Crippen MR) is 154 cm³/mol. The van der Waals surface area contributed by atoms with E-state index < -0.39 is 6.04 Å². The fourth-order valence-electron chi connectivity index (χ4n) is 4.51. The monoisotopic (exact) mass is 498 g/mol. The maximum atomic E-state index is 13.5. The first-order chi connectivity index (χ1) is 17.2. The number of benzene rings is 3. The molecule has 1 atom stereocenters. The van der Waals surface area contributed by atoms with Gasteiger partial charge in [-0.3, -0.25) is 4.79 Å². The Kier molecular flexibility index (Phi) is 7.85. The normalized spacial score (nSPS) is 15.3. The first-order valence-corrected chi connectivity index (χ1v) is 13.1. The second-order valence-corrected chi connectivity index (χ2v) is 10.4. The van der Waals surface area contributed by atoms with E-state index in [1.807, 2.05) is 51.4 Å². The zero-order chi connectivity index (χ0) is 25.8. The third-order valence-corrected chi connectivity index (χ3v) is 7.33. The van der Waals surface area contributed by atoms with Crippen LogP contribution in [-0.4, -0.2) is 25.2 Å². The van der Waals surface area contributed by atoms with Gasteiger partial charge in [-0.25, -0.2) is 4.99 Å². The van der Waals surface area contributed by atoms with E-state index in [9.17, 15) is 4.79 Å². The molecule has 0 fully saturated rings. The molecule has 0 aromatic heterocycles. The molecule has 3 aromatic carbocycles. The summed E-state index contributed by atoms with van der Waals surface area (Å²) in [5.41, 5.74) is 9.50. The first-order valence-electron chi connectivity index (χ1n) is 12.1. The number of aryl methyl sites for hydroxylation is 3. The van der Waals surface area contributed by atoms with E-state index in [1.54, 1.807) is 11.8 Å². The molecule has 0 spiro atoms. The highest BCUT2D eigenvalue weighted by molar-refractivity contribution is 8.13. The molecule has 1 aliphatic rings. The molecule has 5 nitrogen and oxygen atoms in total. The van der Waals surface area contributed by atoms with Crippen LogP contribution >= 0.6 is 11.8 Å². The van der Waals surface area contributed by atoms with Gasteiger partial charge in [0.25, 0.3) is 5.91 Å². The van der Waals surface area contributed by atoms with E-state index in [0.717, 1.165) is 33.6 Å². The first kappa shape index (κ1) is 25.6. The number of rotatable bonds is 6. The van der Waals surface area contributed by atoms with Crippen molar-refractivity contribution in [3.63, 3.8) is 0 Å². The number of amides is 1. The van der Waals surface area contributed by atoms with E-state index in [1.165, 1.54) is 22.3 Å². The van der Waals surface area contributed by atoms with E-state index >= 15 is 0 Å². The van der Waals surface area contributed by atoms with Gasteiger partial charge in [-0.1, -0.05) is 59.8 Å². The average Bonchev–Trinajstić information content (AvgIpc) is 2.83. The van der Waals surface area contributed by atoms with Gasteiger partial charge in [-0.15, -0.1) is 0 Å². The van der Waals surface area contributed by atoms with Gasteiger partial charge < -0.3 is 15.5 Å². The SMILES string of the molecule is CC1=C(C(=O)Nc2ccccc2)[C@@H](c2ccc(N(C)C)cc2)N=C(SCc2c(C)cc(C)cc2C)N1. The Morgan fingerprint density at radius 3 is 2.22 bits per heavy atom. The molecular weight excluding hydrogens is 464 g/mol. The Labute approximate surface area is 218 Å². The Morgan fingerprint density at radius 1 is 0.972 bits per heavy atom. The number of amidine groups is 1. The number of para-hydroxylation sites is 1. The summed E-state index contributed by atoms with van der Waals surface area (Å²) in [6.45, 7) is 8.42. The third kappa shape index (κ3) is 5.82. The van der Waals surface area contributed by atoms with Crippen LogP contribution in [0.25, 0.3) is 0 Å². The van der Waals surface area contributed by atoms with Gasteiger partial charge in [-0.2, -0.15) is 0 Å². The van der Waals surface area contributed by atoms with E-state index in [4.69, 9.17) is 4.99 Å². The van der Waals surface area contributed by atoms with Crippen LogP contribution in [0, 0.1) is 20.8 Å². The molecule has 0 bridgehead atoms. The van der Waals surface area contributed by atoms with Crippen LogP contribution in [0.1, 0.15) is 40.8 Å². The second-order valence-electron chi connectivity index (χ2n) is 9.47. The summed E-state index contributed by atoms with van der Waals surface area (Å²) in [5, 5.41) is 7.27. The van der Waals surface area contributed by atoms with Gasteiger partial charge in [0, 0.05) is 36.9 Å². The summed E-state index contributed by atoms with van der Waals surface area (Å²) in [7, 11) is 4.04. The van der Waals surface area contributed by atoms with Crippen molar-refractivity contribution < 1.29 is 4.79 Å². The molecule has 1 heterocycles.